The lowest BCUT2D eigenvalue weighted by Gasteiger charge is -2.22. The molecule has 0 aliphatic carbocycles. The zero-order valence-corrected chi connectivity index (χ0v) is 11.7. The third kappa shape index (κ3) is 4.91. The van der Waals surface area contributed by atoms with Gasteiger partial charge in [-0.25, -0.2) is 0 Å². The number of hydrogen-bond donors (Lipinski definition) is 1. The van der Waals surface area contributed by atoms with Gasteiger partial charge in [-0.2, -0.15) is 5.26 Å². The fraction of sp³-hybridized carbons (Fsp3) is 0.308. The average molecular weight is 294 g/mol. The fourth-order valence-electron chi connectivity index (χ4n) is 1.55. The van der Waals surface area contributed by atoms with E-state index in [1.54, 1.807) is 24.3 Å². The molecule has 7 heteroatoms. The van der Waals surface area contributed by atoms with Crippen LogP contribution in [0.3, 0.4) is 0 Å². The molecule has 0 aliphatic heterocycles. The summed E-state index contributed by atoms with van der Waals surface area (Å²) in [5.74, 6) is -1.29. The van der Waals surface area contributed by atoms with Gasteiger partial charge < -0.3 is 14.7 Å². The van der Waals surface area contributed by atoms with E-state index in [0.717, 1.165) is 16.7 Å². The Morgan fingerprint density at radius 1 is 1.40 bits per heavy atom. The topological polar surface area (TPSA) is 90.6 Å². The van der Waals surface area contributed by atoms with Crippen molar-refractivity contribution in [2.24, 2.45) is 0 Å². The Bertz CT molecular complexity index is 510. The summed E-state index contributed by atoms with van der Waals surface area (Å²) in [5.41, 5.74) is 0.579. The first-order valence-corrected chi connectivity index (χ1v) is 6.57. The number of thiocyanates is 1. The maximum atomic E-state index is 11.9. The molecule has 0 aromatic heterocycles. The van der Waals surface area contributed by atoms with Crippen molar-refractivity contribution in [3.05, 3.63) is 24.3 Å². The fourth-order valence-corrected chi connectivity index (χ4v) is 1.93. The summed E-state index contributed by atoms with van der Waals surface area (Å²) >= 11 is 1.02. The summed E-state index contributed by atoms with van der Waals surface area (Å²) in [6.07, 6.45) is -0.149. The zero-order valence-electron chi connectivity index (χ0n) is 10.9. The molecule has 0 saturated heterocycles. The van der Waals surface area contributed by atoms with Crippen molar-refractivity contribution in [1.29, 1.82) is 5.26 Å². The Morgan fingerprint density at radius 2 is 2.05 bits per heavy atom. The van der Waals surface area contributed by atoms with Crippen LogP contribution in [0.5, 0.6) is 0 Å². The Kier molecular flexibility index (Phi) is 6.56. The van der Waals surface area contributed by atoms with Crippen LogP contribution < -0.4 is 4.90 Å². The van der Waals surface area contributed by atoms with Crippen molar-refractivity contribution in [1.82, 2.24) is 0 Å². The van der Waals surface area contributed by atoms with E-state index in [4.69, 9.17) is 15.1 Å². The SMILES string of the molecule is COCC(=O)N(CCC(=O)O)c1ccc(SC#N)cc1. The average Bonchev–Trinajstić information content (AvgIpc) is 2.41. The standard InChI is InChI=1S/C13H14N2O4S/c1-19-8-12(16)15(7-6-13(17)18)10-2-4-11(5-3-10)20-9-14/h2-5H,6-8H2,1H3,(H,17,18). The molecule has 1 aromatic rings. The molecule has 0 unspecified atom stereocenters. The van der Waals surface area contributed by atoms with Crippen LogP contribution in [0.25, 0.3) is 0 Å². The van der Waals surface area contributed by atoms with E-state index >= 15 is 0 Å². The van der Waals surface area contributed by atoms with E-state index in [2.05, 4.69) is 0 Å². The molecular weight excluding hydrogens is 280 g/mol. The van der Waals surface area contributed by atoms with Crippen molar-refractivity contribution in [3.8, 4) is 5.40 Å². The molecule has 1 aromatic carbocycles. The van der Waals surface area contributed by atoms with Gasteiger partial charge in [-0.1, -0.05) is 0 Å². The number of benzene rings is 1. The Balaban J connectivity index is 2.88. The molecule has 0 saturated carbocycles. The third-order valence-corrected chi connectivity index (χ3v) is 3.03. The van der Waals surface area contributed by atoms with Crippen molar-refractivity contribution in [3.63, 3.8) is 0 Å². The first-order valence-electron chi connectivity index (χ1n) is 5.75. The van der Waals surface area contributed by atoms with Gasteiger partial charge in [0.25, 0.3) is 5.91 Å². The van der Waals surface area contributed by atoms with Crippen LogP contribution >= 0.6 is 11.8 Å². The molecule has 0 spiro atoms. The number of nitriles is 1. The van der Waals surface area contributed by atoms with E-state index in [0.29, 0.717) is 5.69 Å². The highest BCUT2D eigenvalue weighted by Crippen LogP contribution is 2.22. The molecule has 1 N–H and O–H groups in total. The normalized spacial score (nSPS) is 9.80. The summed E-state index contributed by atoms with van der Waals surface area (Å²) in [6, 6.07) is 6.76. The van der Waals surface area contributed by atoms with Crippen LogP contribution in [0.15, 0.2) is 29.2 Å². The van der Waals surface area contributed by atoms with Crippen LogP contribution in [0.1, 0.15) is 6.42 Å². The van der Waals surface area contributed by atoms with E-state index in [-0.39, 0.29) is 25.5 Å². The van der Waals surface area contributed by atoms with Crippen LogP contribution in [0.2, 0.25) is 0 Å². The number of ether oxygens (including phenoxy) is 1. The Hall–Kier alpha value is -2.04. The second kappa shape index (κ2) is 8.19. The van der Waals surface area contributed by atoms with Crippen molar-refractivity contribution in [2.75, 3.05) is 25.2 Å². The Labute approximate surface area is 120 Å². The summed E-state index contributed by atoms with van der Waals surface area (Å²) in [6.45, 7) is -0.0451. The predicted octanol–water partition coefficient (Wildman–Crippen LogP) is 1.71. The molecule has 0 atom stereocenters. The highest BCUT2D eigenvalue weighted by atomic mass is 32.2. The number of aliphatic carboxylic acids is 1. The molecule has 0 fully saturated rings. The van der Waals surface area contributed by atoms with Gasteiger partial charge in [0.1, 0.15) is 12.0 Å². The number of carboxylic acid groups (broad SMARTS) is 1. The van der Waals surface area contributed by atoms with Crippen LogP contribution in [0.4, 0.5) is 5.69 Å². The highest BCUT2D eigenvalue weighted by Gasteiger charge is 2.16. The monoisotopic (exact) mass is 294 g/mol. The molecule has 0 heterocycles. The predicted molar refractivity (Wildman–Crippen MR) is 74.4 cm³/mol. The molecule has 1 rings (SSSR count). The number of carbonyl (C=O) groups is 2. The first kappa shape index (κ1) is 16.0. The van der Waals surface area contributed by atoms with E-state index in [1.807, 2.05) is 5.40 Å². The number of amides is 1. The van der Waals surface area contributed by atoms with Gasteiger partial charge in [0.2, 0.25) is 0 Å². The lowest BCUT2D eigenvalue weighted by Crippen LogP contribution is -2.35. The minimum Gasteiger partial charge on any atom is -0.481 e. The summed E-state index contributed by atoms with van der Waals surface area (Å²) < 4.78 is 4.79. The minimum atomic E-state index is -0.975. The smallest absolute Gasteiger partial charge is 0.305 e. The third-order valence-electron chi connectivity index (χ3n) is 2.43. The lowest BCUT2D eigenvalue weighted by atomic mass is 10.2. The molecule has 20 heavy (non-hydrogen) atoms. The zero-order chi connectivity index (χ0) is 15.0. The summed E-state index contributed by atoms with van der Waals surface area (Å²) in [7, 11) is 1.40. The van der Waals surface area contributed by atoms with Crippen LogP contribution in [-0.2, 0) is 14.3 Å². The molecule has 0 aliphatic rings. The summed E-state index contributed by atoms with van der Waals surface area (Å²) in [4.78, 5) is 24.7. The van der Waals surface area contributed by atoms with Crippen molar-refractivity contribution < 1.29 is 19.4 Å². The molecule has 6 nitrogen and oxygen atoms in total. The molecule has 0 bridgehead atoms. The maximum Gasteiger partial charge on any atom is 0.305 e. The Morgan fingerprint density at radius 3 is 2.55 bits per heavy atom. The number of rotatable bonds is 7. The van der Waals surface area contributed by atoms with E-state index in [9.17, 15) is 9.59 Å². The first-order chi connectivity index (χ1) is 9.58. The van der Waals surface area contributed by atoms with E-state index < -0.39 is 5.97 Å². The number of carbonyl (C=O) groups excluding carboxylic acids is 1. The van der Waals surface area contributed by atoms with Gasteiger partial charge in [0, 0.05) is 24.2 Å². The van der Waals surface area contributed by atoms with Gasteiger partial charge in [0.05, 0.1) is 6.42 Å². The number of methoxy groups -OCH3 is 1. The van der Waals surface area contributed by atoms with Crippen LogP contribution in [-0.4, -0.2) is 37.2 Å². The molecule has 1 amide bonds. The molecule has 0 radical (unpaired) electrons. The minimum absolute atomic E-state index is 0.0717. The number of hydrogen-bond acceptors (Lipinski definition) is 5. The lowest BCUT2D eigenvalue weighted by molar-refractivity contribution is -0.136. The second-order valence-corrected chi connectivity index (χ2v) is 4.67. The second-order valence-electron chi connectivity index (χ2n) is 3.81. The molecule has 106 valence electrons. The summed E-state index contributed by atoms with van der Waals surface area (Å²) in [5, 5.41) is 19.2. The number of anilines is 1. The van der Waals surface area contributed by atoms with E-state index in [1.165, 1.54) is 12.0 Å². The maximum absolute atomic E-state index is 11.9. The highest BCUT2D eigenvalue weighted by molar-refractivity contribution is 8.03. The quantitative estimate of drug-likeness (QED) is 0.608. The van der Waals surface area contributed by atoms with Gasteiger partial charge in [0.15, 0.2) is 0 Å². The van der Waals surface area contributed by atoms with Gasteiger partial charge in [-0.15, -0.1) is 0 Å². The van der Waals surface area contributed by atoms with Gasteiger partial charge in [-0.05, 0) is 36.0 Å². The van der Waals surface area contributed by atoms with Crippen LogP contribution in [0, 0.1) is 10.7 Å². The molecular formula is C13H14N2O4S. The number of nitrogens with zero attached hydrogens (tertiary/aromatic N) is 2. The number of carboxylic acids is 1. The largest absolute Gasteiger partial charge is 0.481 e. The number of thioether (sulfide) groups is 1. The van der Waals surface area contributed by atoms with Gasteiger partial charge in [-0.3, -0.25) is 9.59 Å². The van der Waals surface area contributed by atoms with Crippen molar-refractivity contribution in [2.45, 2.75) is 11.3 Å². The van der Waals surface area contributed by atoms with Gasteiger partial charge >= 0.3 is 5.97 Å². The van der Waals surface area contributed by atoms with Crippen molar-refractivity contribution >= 4 is 29.3 Å².